The van der Waals surface area contributed by atoms with Gasteiger partial charge in [-0.15, -0.1) is 21.5 Å². The van der Waals surface area contributed by atoms with Crippen molar-refractivity contribution < 1.29 is 14.3 Å². The fourth-order valence-electron chi connectivity index (χ4n) is 1.39. The Bertz CT molecular complexity index is 496. The number of carboxylic acid groups (broad SMARTS) is 1. The van der Waals surface area contributed by atoms with Crippen molar-refractivity contribution in [3.63, 3.8) is 0 Å². The zero-order valence-electron chi connectivity index (χ0n) is 9.54. The van der Waals surface area contributed by atoms with Crippen LogP contribution in [0.25, 0.3) is 0 Å². The molecule has 1 N–H and O–H groups in total. The molecule has 0 radical (unpaired) electrons. The molecule has 96 valence electrons. The Labute approximate surface area is 112 Å². The molecule has 0 saturated carbocycles. The number of hydrogen-bond acceptors (Lipinski definition) is 6. The monoisotopic (exact) mass is 284 g/mol. The van der Waals surface area contributed by atoms with Gasteiger partial charge >= 0.3 is 5.97 Å². The number of hydrogen-bond donors (Lipinski definition) is 1. The van der Waals surface area contributed by atoms with Crippen molar-refractivity contribution in [3.05, 3.63) is 28.3 Å². The molecule has 5 nitrogen and oxygen atoms in total. The highest BCUT2D eigenvalue weighted by atomic mass is 32.2. The third-order valence-electron chi connectivity index (χ3n) is 2.16. The molecule has 2 aromatic heterocycles. The maximum Gasteiger partial charge on any atom is 0.314 e. The van der Waals surface area contributed by atoms with Gasteiger partial charge in [-0.2, -0.15) is 0 Å². The molecule has 2 aromatic rings. The summed E-state index contributed by atoms with van der Waals surface area (Å²) in [5.41, 5.74) is 0. The van der Waals surface area contributed by atoms with Crippen molar-refractivity contribution in [2.75, 3.05) is 5.75 Å². The van der Waals surface area contributed by atoms with Crippen LogP contribution in [0, 0.1) is 0 Å². The van der Waals surface area contributed by atoms with Gasteiger partial charge in [-0.05, 0) is 24.3 Å². The number of nitrogens with zero attached hydrogens (tertiary/aromatic N) is 2. The van der Waals surface area contributed by atoms with Crippen molar-refractivity contribution in [3.8, 4) is 0 Å². The first-order valence-electron chi connectivity index (χ1n) is 5.43. The fourth-order valence-corrected chi connectivity index (χ4v) is 2.64. The van der Waals surface area contributed by atoms with E-state index in [1.165, 1.54) is 4.88 Å². The third kappa shape index (κ3) is 4.15. The maximum atomic E-state index is 10.4. The first-order valence-corrected chi connectivity index (χ1v) is 7.30. The molecule has 2 rings (SSSR count). The normalized spacial score (nSPS) is 10.7. The Balaban J connectivity index is 1.74. The van der Waals surface area contributed by atoms with Gasteiger partial charge in [-0.3, -0.25) is 4.79 Å². The number of carboxylic acids is 1. The minimum Gasteiger partial charge on any atom is -0.481 e. The quantitative estimate of drug-likeness (QED) is 0.787. The van der Waals surface area contributed by atoms with E-state index in [9.17, 15) is 4.79 Å². The highest BCUT2D eigenvalue weighted by Gasteiger charge is 2.08. The lowest BCUT2D eigenvalue weighted by Gasteiger charge is -1.94. The van der Waals surface area contributed by atoms with Crippen LogP contribution in [0.2, 0.25) is 0 Å². The van der Waals surface area contributed by atoms with Crippen LogP contribution >= 0.6 is 23.1 Å². The summed E-state index contributed by atoms with van der Waals surface area (Å²) >= 11 is 2.78. The molecule has 18 heavy (non-hydrogen) atoms. The van der Waals surface area contributed by atoms with Crippen LogP contribution in [0.1, 0.15) is 17.2 Å². The number of aryl methyl sites for hydroxylation is 2. The van der Waals surface area contributed by atoms with Gasteiger partial charge in [0, 0.05) is 11.3 Å². The van der Waals surface area contributed by atoms with Crippen LogP contribution in [-0.2, 0) is 17.6 Å². The highest BCUT2D eigenvalue weighted by Crippen LogP contribution is 2.17. The lowest BCUT2D eigenvalue weighted by atomic mass is 10.2. The van der Waals surface area contributed by atoms with Crippen LogP contribution in [0.3, 0.4) is 0 Å². The number of carbonyl (C=O) groups is 1. The molecule has 0 aliphatic carbocycles. The van der Waals surface area contributed by atoms with Crippen molar-refractivity contribution in [2.45, 2.75) is 24.5 Å². The van der Waals surface area contributed by atoms with Crippen LogP contribution in [0.5, 0.6) is 0 Å². The maximum absolute atomic E-state index is 10.4. The summed E-state index contributed by atoms with van der Waals surface area (Å²) in [4.78, 5) is 11.7. The topological polar surface area (TPSA) is 76.2 Å². The van der Waals surface area contributed by atoms with E-state index in [1.54, 1.807) is 11.3 Å². The Hall–Kier alpha value is -1.34. The Morgan fingerprint density at radius 2 is 2.33 bits per heavy atom. The Morgan fingerprint density at radius 1 is 1.44 bits per heavy atom. The van der Waals surface area contributed by atoms with Crippen molar-refractivity contribution >= 4 is 29.1 Å². The first-order chi connectivity index (χ1) is 8.74. The molecular weight excluding hydrogens is 272 g/mol. The number of thioether (sulfide) groups is 1. The minimum absolute atomic E-state index is 0.0587. The summed E-state index contributed by atoms with van der Waals surface area (Å²) in [5, 5.41) is 18.6. The van der Waals surface area contributed by atoms with E-state index in [4.69, 9.17) is 9.52 Å². The summed E-state index contributed by atoms with van der Waals surface area (Å²) < 4.78 is 5.33. The lowest BCUT2D eigenvalue weighted by molar-refractivity contribution is -0.133. The molecule has 2 heterocycles. The van der Waals surface area contributed by atoms with E-state index in [1.807, 2.05) is 6.07 Å². The molecule has 7 heteroatoms. The van der Waals surface area contributed by atoms with Crippen LogP contribution in [0.4, 0.5) is 0 Å². The van der Waals surface area contributed by atoms with Gasteiger partial charge in [0.25, 0.3) is 5.22 Å². The second-order valence-electron chi connectivity index (χ2n) is 3.58. The fraction of sp³-hybridized carbons (Fsp3) is 0.364. The van der Waals surface area contributed by atoms with Gasteiger partial charge in [0.15, 0.2) is 0 Å². The number of aromatic nitrogens is 2. The molecular formula is C11H12N2O3S2. The average molecular weight is 284 g/mol. The van der Waals surface area contributed by atoms with Gasteiger partial charge in [0.2, 0.25) is 5.89 Å². The summed E-state index contributed by atoms with van der Waals surface area (Å²) in [5.74, 6) is -0.381. The second kappa shape index (κ2) is 6.55. The van der Waals surface area contributed by atoms with Gasteiger partial charge < -0.3 is 9.52 Å². The van der Waals surface area contributed by atoms with Gasteiger partial charge in [-0.1, -0.05) is 17.8 Å². The molecule has 0 fully saturated rings. The van der Waals surface area contributed by atoms with E-state index < -0.39 is 5.97 Å². The molecule has 0 atom stereocenters. The number of aliphatic carboxylic acids is 1. The summed E-state index contributed by atoms with van der Waals surface area (Å²) in [7, 11) is 0. The highest BCUT2D eigenvalue weighted by molar-refractivity contribution is 7.99. The standard InChI is InChI=1S/C11H12N2O3S2/c14-10(15)7-18-11-13-12-9(16-11)5-1-3-8-4-2-6-17-8/h2,4,6H,1,3,5,7H2,(H,14,15). The van der Waals surface area contributed by atoms with Crippen molar-refractivity contribution in [1.29, 1.82) is 0 Å². The van der Waals surface area contributed by atoms with E-state index in [0.29, 0.717) is 11.1 Å². The minimum atomic E-state index is -0.891. The lowest BCUT2D eigenvalue weighted by Crippen LogP contribution is -1.97. The Morgan fingerprint density at radius 3 is 3.06 bits per heavy atom. The van der Waals surface area contributed by atoms with Crippen LogP contribution in [0.15, 0.2) is 27.2 Å². The summed E-state index contributed by atoms with van der Waals surface area (Å²) in [6.45, 7) is 0. The summed E-state index contributed by atoms with van der Waals surface area (Å²) in [6, 6.07) is 4.14. The molecule has 0 unspecified atom stereocenters. The number of thiophene rings is 1. The molecule has 0 amide bonds. The van der Waals surface area contributed by atoms with Gasteiger partial charge in [0.1, 0.15) is 5.75 Å². The van der Waals surface area contributed by atoms with E-state index in [-0.39, 0.29) is 5.75 Å². The molecule has 0 saturated heterocycles. The van der Waals surface area contributed by atoms with Crippen molar-refractivity contribution in [2.24, 2.45) is 0 Å². The largest absolute Gasteiger partial charge is 0.481 e. The van der Waals surface area contributed by atoms with E-state index >= 15 is 0 Å². The molecule has 0 aliphatic heterocycles. The molecule has 0 bridgehead atoms. The van der Waals surface area contributed by atoms with Crippen LogP contribution in [-0.4, -0.2) is 27.0 Å². The molecule has 0 aromatic carbocycles. The SMILES string of the molecule is O=C(O)CSc1nnc(CCCc2cccs2)o1. The van der Waals surface area contributed by atoms with Gasteiger partial charge in [0.05, 0.1) is 0 Å². The molecule has 0 spiro atoms. The predicted octanol–water partition coefficient (Wildman–Crippen LogP) is 2.48. The molecule has 0 aliphatic rings. The summed E-state index contributed by atoms with van der Waals surface area (Å²) in [6.07, 6.45) is 2.67. The number of rotatable bonds is 7. The second-order valence-corrected chi connectivity index (χ2v) is 5.54. The van der Waals surface area contributed by atoms with Crippen molar-refractivity contribution in [1.82, 2.24) is 10.2 Å². The zero-order chi connectivity index (χ0) is 12.8. The third-order valence-corrected chi connectivity index (χ3v) is 3.90. The average Bonchev–Trinajstić information content (AvgIpc) is 2.97. The van der Waals surface area contributed by atoms with E-state index in [0.717, 1.165) is 31.0 Å². The Kier molecular flexibility index (Phi) is 4.77. The predicted molar refractivity (Wildman–Crippen MR) is 69.0 cm³/mol. The first kappa shape index (κ1) is 13.1. The smallest absolute Gasteiger partial charge is 0.314 e. The van der Waals surface area contributed by atoms with Gasteiger partial charge in [-0.25, -0.2) is 0 Å². The van der Waals surface area contributed by atoms with Crippen LogP contribution < -0.4 is 0 Å². The zero-order valence-corrected chi connectivity index (χ0v) is 11.2. The van der Waals surface area contributed by atoms with E-state index in [2.05, 4.69) is 21.6 Å².